The van der Waals surface area contributed by atoms with Gasteiger partial charge in [-0.15, -0.1) is 0 Å². The van der Waals surface area contributed by atoms with E-state index in [4.69, 9.17) is 4.74 Å². The van der Waals surface area contributed by atoms with Gasteiger partial charge in [-0.05, 0) is 23.8 Å². The van der Waals surface area contributed by atoms with Crippen molar-refractivity contribution in [3.8, 4) is 5.75 Å². The van der Waals surface area contributed by atoms with Crippen molar-refractivity contribution >= 4 is 9.84 Å². The fourth-order valence-electron chi connectivity index (χ4n) is 3.10. The second kappa shape index (κ2) is 7.15. The quantitative estimate of drug-likeness (QED) is 0.856. The zero-order chi connectivity index (χ0) is 18.0. The van der Waals surface area contributed by atoms with Crippen LogP contribution >= 0.6 is 0 Å². The molecule has 0 spiro atoms. The Balaban J connectivity index is 1.69. The number of sulfone groups is 1. The van der Waals surface area contributed by atoms with Crippen LogP contribution in [-0.2, 0) is 9.84 Å². The summed E-state index contributed by atoms with van der Waals surface area (Å²) in [5.41, 5.74) is 1.79. The maximum atomic E-state index is 11.5. The molecule has 2 aromatic rings. The van der Waals surface area contributed by atoms with Crippen molar-refractivity contribution in [2.75, 3.05) is 19.4 Å². The summed E-state index contributed by atoms with van der Waals surface area (Å²) in [7, 11) is -3.23. The average molecular weight is 361 g/mol. The van der Waals surface area contributed by atoms with Gasteiger partial charge in [-0.2, -0.15) is 0 Å². The van der Waals surface area contributed by atoms with Crippen molar-refractivity contribution in [2.24, 2.45) is 5.92 Å². The molecular formula is C19H23NO4S. The van der Waals surface area contributed by atoms with Gasteiger partial charge in [0.2, 0.25) is 0 Å². The zero-order valence-corrected chi connectivity index (χ0v) is 15.2. The Morgan fingerprint density at radius 3 is 2.56 bits per heavy atom. The van der Waals surface area contributed by atoms with E-state index in [2.05, 4.69) is 12.2 Å². The summed E-state index contributed by atoms with van der Waals surface area (Å²) in [6.45, 7) is 3.12. The summed E-state index contributed by atoms with van der Waals surface area (Å²) < 4.78 is 28.8. The number of benzene rings is 2. The number of fused-ring (bicyclic) bond motifs is 1. The molecular weight excluding hydrogens is 338 g/mol. The highest BCUT2D eigenvalue weighted by molar-refractivity contribution is 7.90. The molecule has 0 amide bonds. The average Bonchev–Trinajstić information content (AvgIpc) is 2.60. The second-order valence-corrected chi connectivity index (χ2v) is 8.58. The summed E-state index contributed by atoms with van der Waals surface area (Å²) in [6, 6.07) is 14.4. The van der Waals surface area contributed by atoms with Crippen LogP contribution in [0.3, 0.4) is 0 Å². The molecule has 6 heteroatoms. The van der Waals surface area contributed by atoms with E-state index in [1.807, 2.05) is 24.3 Å². The van der Waals surface area contributed by atoms with Gasteiger partial charge in [-0.3, -0.25) is 0 Å². The fraction of sp³-hybridized carbons (Fsp3) is 0.368. The van der Waals surface area contributed by atoms with Crippen molar-refractivity contribution in [1.29, 1.82) is 0 Å². The van der Waals surface area contributed by atoms with Crippen LogP contribution in [0.5, 0.6) is 5.75 Å². The first kappa shape index (κ1) is 17.9. The van der Waals surface area contributed by atoms with E-state index < -0.39 is 15.9 Å². The topological polar surface area (TPSA) is 75.6 Å². The minimum absolute atomic E-state index is 0.106. The maximum Gasteiger partial charge on any atom is 0.175 e. The van der Waals surface area contributed by atoms with Gasteiger partial charge >= 0.3 is 0 Å². The molecule has 0 bridgehead atoms. The summed E-state index contributed by atoms with van der Waals surface area (Å²) in [6.07, 6.45) is 0.458. The Hall–Kier alpha value is -1.89. The molecule has 0 aromatic heterocycles. The predicted octanol–water partition coefficient (Wildman–Crippen LogP) is 2.48. The summed E-state index contributed by atoms with van der Waals surface area (Å²) in [5, 5.41) is 13.9. The molecule has 25 heavy (non-hydrogen) atoms. The number of ether oxygens (including phenoxy) is 1. The summed E-state index contributed by atoms with van der Waals surface area (Å²) in [5.74, 6) is 1.17. The van der Waals surface area contributed by atoms with E-state index in [1.54, 1.807) is 12.1 Å². The Bertz CT molecular complexity index is 833. The number of nitrogens with one attached hydrogen (secondary N) is 1. The first-order chi connectivity index (χ1) is 11.9. The minimum Gasteiger partial charge on any atom is -0.493 e. The van der Waals surface area contributed by atoms with Crippen molar-refractivity contribution in [1.82, 2.24) is 5.32 Å². The number of aliphatic hydroxyl groups excluding tert-OH is 1. The zero-order valence-electron chi connectivity index (χ0n) is 14.3. The van der Waals surface area contributed by atoms with Crippen LogP contribution in [0, 0.1) is 5.92 Å². The lowest BCUT2D eigenvalue weighted by Crippen LogP contribution is -2.36. The van der Waals surface area contributed by atoms with Gasteiger partial charge < -0.3 is 15.2 Å². The third-order valence-corrected chi connectivity index (χ3v) is 5.68. The molecule has 0 saturated carbocycles. The Labute approximate surface area is 148 Å². The largest absolute Gasteiger partial charge is 0.493 e. The van der Waals surface area contributed by atoms with Gasteiger partial charge in [-0.25, -0.2) is 8.42 Å². The molecule has 0 aliphatic carbocycles. The third kappa shape index (κ3) is 4.03. The van der Waals surface area contributed by atoms with Gasteiger partial charge in [0.1, 0.15) is 5.75 Å². The predicted molar refractivity (Wildman–Crippen MR) is 96.4 cm³/mol. The SMILES string of the molecule is C[C@@H]1COc2ccccc2[C@@H]1NCC(O)c1ccc(S(C)(=O)=O)cc1. The molecule has 5 nitrogen and oxygen atoms in total. The van der Waals surface area contributed by atoms with Gasteiger partial charge in [0.15, 0.2) is 9.84 Å². The molecule has 2 N–H and O–H groups in total. The molecule has 1 heterocycles. The smallest absolute Gasteiger partial charge is 0.175 e. The van der Waals surface area contributed by atoms with E-state index in [-0.39, 0.29) is 16.9 Å². The standard InChI is InChI=1S/C19H23NO4S/c1-13-12-24-18-6-4-3-5-16(18)19(13)20-11-17(21)14-7-9-15(10-8-14)25(2,22)23/h3-10,13,17,19-21H,11-12H2,1-2H3/t13-,17?,19-/m1/s1. The van der Waals surface area contributed by atoms with E-state index in [0.717, 1.165) is 11.3 Å². The highest BCUT2D eigenvalue weighted by Gasteiger charge is 2.27. The molecule has 134 valence electrons. The molecule has 3 atom stereocenters. The first-order valence-corrected chi connectivity index (χ1v) is 10.2. The minimum atomic E-state index is -3.23. The van der Waals surface area contributed by atoms with E-state index in [0.29, 0.717) is 18.7 Å². The van der Waals surface area contributed by atoms with Crippen LogP contribution in [0.2, 0.25) is 0 Å². The number of para-hydroxylation sites is 1. The van der Waals surface area contributed by atoms with Gasteiger partial charge in [0.25, 0.3) is 0 Å². The lowest BCUT2D eigenvalue weighted by molar-refractivity contribution is 0.145. The number of hydrogen-bond acceptors (Lipinski definition) is 5. The lowest BCUT2D eigenvalue weighted by Gasteiger charge is -2.32. The van der Waals surface area contributed by atoms with Crippen molar-refractivity contribution in [2.45, 2.75) is 24.0 Å². The second-order valence-electron chi connectivity index (χ2n) is 6.57. The Morgan fingerprint density at radius 1 is 1.20 bits per heavy atom. The summed E-state index contributed by atoms with van der Waals surface area (Å²) in [4.78, 5) is 0.253. The van der Waals surface area contributed by atoms with Gasteiger partial charge in [0, 0.05) is 30.3 Å². The van der Waals surface area contributed by atoms with Crippen LogP contribution in [0.25, 0.3) is 0 Å². The molecule has 0 radical (unpaired) electrons. The van der Waals surface area contributed by atoms with Crippen molar-refractivity contribution in [3.05, 3.63) is 59.7 Å². The van der Waals surface area contributed by atoms with E-state index in [9.17, 15) is 13.5 Å². The van der Waals surface area contributed by atoms with Crippen LogP contribution in [0.1, 0.15) is 30.2 Å². The van der Waals surface area contributed by atoms with Crippen molar-refractivity contribution < 1.29 is 18.3 Å². The molecule has 3 rings (SSSR count). The van der Waals surface area contributed by atoms with Crippen LogP contribution in [0.4, 0.5) is 0 Å². The highest BCUT2D eigenvalue weighted by Crippen LogP contribution is 2.35. The molecule has 1 aliphatic rings. The van der Waals surface area contributed by atoms with Gasteiger partial charge in [-0.1, -0.05) is 37.3 Å². The number of hydrogen-bond donors (Lipinski definition) is 2. The van der Waals surface area contributed by atoms with Gasteiger partial charge in [0.05, 0.1) is 17.6 Å². The Morgan fingerprint density at radius 2 is 1.88 bits per heavy atom. The fourth-order valence-corrected chi connectivity index (χ4v) is 3.73. The van der Waals surface area contributed by atoms with E-state index >= 15 is 0 Å². The maximum absolute atomic E-state index is 11.5. The Kier molecular flexibility index (Phi) is 5.13. The number of rotatable bonds is 5. The van der Waals surface area contributed by atoms with Crippen LogP contribution in [-0.4, -0.2) is 32.9 Å². The number of aliphatic hydroxyl groups is 1. The normalized spacial score (nSPS) is 21.2. The highest BCUT2D eigenvalue weighted by atomic mass is 32.2. The van der Waals surface area contributed by atoms with Crippen molar-refractivity contribution in [3.63, 3.8) is 0 Å². The van der Waals surface area contributed by atoms with E-state index in [1.165, 1.54) is 18.4 Å². The molecule has 2 aromatic carbocycles. The molecule has 0 fully saturated rings. The molecule has 0 saturated heterocycles. The summed E-state index contributed by atoms with van der Waals surface area (Å²) >= 11 is 0. The molecule has 1 unspecified atom stereocenters. The van der Waals surface area contributed by atoms with Crippen LogP contribution in [0.15, 0.2) is 53.4 Å². The third-order valence-electron chi connectivity index (χ3n) is 4.55. The van der Waals surface area contributed by atoms with Crippen LogP contribution < -0.4 is 10.1 Å². The monoisotopic (exact) mass is 361 g/mol. The molecule has 1 aliphatic heterocycles. The lowest BCUT2D eigenvalue weighted by atomic mass is 9.92. The first-order valence-electron chi connectivity index (χ1n) is 8.29.